The predicted molar refractivity (Wildman–Crippen MR) is 109 cm³/mol. The third kappa shape index (κ3) is 4.20. The maximum Gasteiger partial charge on any atom is 0.256 e. The number of halogens is 1. The molecule has 156 valence electrons. The van der Waals surface area contributed by atoms with Gasteiger partial charge in [-0.2, -0.15) is 0 Å². The van der Waals surface area contributed by atoms with Gasteiger partial charge < -0.3 is 14.7 Å². The Hall–Kier alpha value is -3.22. The zero-order valence-electron chi connectivity index (χ0n) is 16.7. The molecule has 7 heteroatoms. The number of likely N-dealkylation sites (tertiary alicyclic amines) is 1. The van der Waals surface area contributed by atoms with Gasteiger partial charge >= 0.3 is 0 Å². The molecule has 3 amide bonds. The Morgan fingerprint density at radius 2 is 1.53 bits per heavy atom. The van der Waals surface area contributed by atoms with Gasteiger partial charge in [0, 0.05) is 45.7 Å². The van der Waals surface area contributed by atoms with Gasteiger partial charge in [-0.05, 0) is 17.7 Å². The van der Waals surface area contributed by atoms with Gasteiger partial charge in [-0.25, -0.2) is 4.39 Å². The molecule has 2 aromatic rings. The van der Waals surface area contributed by atoms with Crippen molar-refractivity contribution in [2.75, 3.05) is 32.7 Å². The minimum Gasteiger partial charge on any atom is -0.339 e. The van der Waals surface area contributed by atoms with Crippen molar-refractivity contribution in [3.8, 4) is 0 Å². The topological polar surface area (TPSA) is 60.9 Å². The van der Waals surface area contributed by atoms with Crippen molar-refractivity contribution < 1.29 is 18.8 Å². The lowest BCUT2D eigenvalue weighted by atomic mass is 10.1. The van der Waals surface area contributed by atoms with Crippen LogP contribution in [0.4, 0.5) is 4.39 Å². The number of carbonyl (C=O) groups is 3. The van der Waals surface area contributed by atoms with Crippen LogP contribution in [-0.4, -0.2) is 65.1 Å². The van der Waals surface area contributed by atoms with E-state index in [0.717, 1.165) is 5.56 Å². The molecule has 0 N–H and O–H groups in total. The van der Waals surface area contributed by atoms with E-state index in [0.29, 0.717) is 39.3 Å². The quantitative estimate of drug-likeness (QED) is 0.778. The second-order valence-electron chi connectivity index (χ2n) is 7.76. The zero-order chi connectivity index (χ0) is 21.1. The maximum atomic E-state index is 13.9. The third-order valence-corrected chi connectivity index (χ3v) is 5.76. The van der Waals surface area contributed by atoms with E-state index in [1.165, 1.54) is 12.1 Å². The van der Waals surface area contributed by atoms with Gasteiger partial charge in [-0.15, -0.1) is 0 Å². The third-order valence-electron chi connectivity index (χ3n) is 5.76. The van der Waals surface area contributed by atoms with Crippen molar-refractivity contribution >= 4 is 17.7 Å². The molecule has 0 aliphatic carbocycles. The van der Waals surface area contributed by atoms with Gasteiger partial charge in [-0.3, -0.25) is 14.4 Å². The Balaban J connectivity index is 1.32. The lowest BCUT2D eigenvalue weighted by Crippen LogP contribution is -2.52. The first-order valence-corrected chi connectivity index (χ1v) is 10.2. The molecule has 30 heavy (non-hydrogen) atoms. The summed E-state index contributed by atoms with van der Waals surface area (Å²) in [5.74, 6) is -1.30. The van der Waals surface area contributed by atoms with Crippen LogP contribution in [0.2, 0.25) is 0 Å². The summed E-state index contributed by atoms with van der Waals surface area (Å²) >= 11 is 0. The number of amides is 3. The van der Waals surface area contributed by atoms with Gasteiger partial charge in [0.05, 0.1) is 11.5 Å². The lowest BCUT2D eigenvalue weighted by Gasteiger charge is -2.36. The van der Waals surface area contributed by atoms with Crippen LogP contribution in [0.25, 0.3) is 0 Å². The molecule has 2 saturated heterocycles. The van der Waals surface area contributed by atoms with Crippen LogP contribution >= 0.6 is 0 Å². The van der Waals surface area contributed by atoms with Crippen LogP contribution in [0.5, 0.6) is 0 Å². The smallest absolute Gasteiger partial charge is 0.256 e. The molecule has 0 bridgehead atoms. The van der Waals surface area contributed by atoms with E-state index in [9.17, 15) is 18.8 Å². The van der Waals surface area contributed by atoms with Crippen molar-refractivity contribution in [2.45, 2.75) is 13.0 Å². The molecular formula is C23H24FN3O3. The first-order valence-electron chi connectivity index (χ1n) is 10.2. The molecule has 2 aromatic carbocycles. The molecular weight excluding hydrogens is 385 g/mol. The summed E-state index contributed by atoms with van der Waals surface area (Å²) < 4.78 is 13.9. The summed E-state index contributed by atoms with van der Waals surface area (Å²) in [6, 6.07) is 15.6. The largest absolute Gasteiger partial charge is 0.339 e. The van der Waals surface area contributed by atoms with Crippen LogP contribution in [0.1, 0.15) is 22.3 Å². The molecule has 0 saturated carbocycles. The van der Waals surface area contributed by atoms with E-state index in [4.69, 9.17) is 0 Å². The predicted octanol–water partition coefficient (Wildman–Crippen LogP) is 2.16. The van der Waals surface area contributed by atoms with E-state index in [1.54, 1.807) is 26.8 Å². The van der Waals surface area contributed by atoms with Gasteiger partial charge in [-0.1, -0.05) is 42.5 Å². The maximum absolute atomic E-state index is 13.9. The number of nitrogens with zero attached hydrogens (tertiary/aromatic N) is 3. The molecule has 2 fully saturated rings. The highest BCUT2D eigenvalue weighted by Crippen LogP contribution is 2.23. The Morgan fingerprint density at radius 3 is 2.23 bits per heavy atom. The van der Waals surface area contributed by atoms with Gasteiger partial charge in [0.25, 0.3) is 5.91 Å². The first-order chi connectivity index (χ1) is 14.5. The van der Waals surface area contributed by atoms with Gasteiger partial charge in [0.2, 0.25) is 11.8 Å². The number of benzene rings is 2. The fraction of sp³-hybridized carbons (Fsp3) is 0.348. The molecule has 0 spiro atoms. The Bertz CT molecular complexity index is 942. The summed E-state index contributed by atoms with van der Waals surface area (Å²) in [4.78, 5) is 42.9. The van der Waals surface area contributed by atoms with Crippen LogP contribution in [0.3, 0.4) is 0 Å². The molecule has 0 radical (unpaired) electrons. The SMILES string of the molecule is O=C1CC(C(=O)N2CCN(C(=O)c3ccccc3F)CC2)CN1Cc1ccccc1. The highest BCUT2D eigenvalue weighted by molar-refractivity contribution is 5.95. The minimum absolute atomic E-state index is 0.00873. The average molecular weight is 409 g/mol. The summed E-state index contributed by atoms with van der Waals surface area (Å²) in [7, 11) is 0. The monoisotopic (exact) mass is 409 g/mol. The normalized spacial score (nSPS) is 19.3. The molecule has 2 aliphatic heterocycles. The van der Waals surface area contributed by atoms with Crippen LogP contribution in [-0.2, 0) is 16.1 Å². The molecule has 4 rings (SSSR count). The highest BCUT2D eigenvalue weighted by atomic mass is 19.1. The van der Waals surface area contributed by atoms with Gasteiger partial charge in [0.1, 0.15) is 5.82 Å². The zero-order valence-corrected chi connectivity index (χ0v) is 16.7. The number of piperazine rings is 1. The average Bonchev–Trinajstić information content (AvgIpc) is 3.14. The van der Waals surface area contributed by atoms with E-state index in [1.807, 2.05) is 30.3 Å². The molecule has 2 aliphatic rings. The second kappa shape index (κ2) is 8.65. The van der Waals surface area contributed by atoms with E-state index < -0.39 is 5.82 Å². The Morgan fingerprint density at radius 1 is 0.900 bits per heavy atom. The number of hydrogen-bond acceptors (Lipinski definition) is 3. The molecule has 6 nitrogen and oxygen atoms in total. The van der Waals surface area contributed by atoms with Crippen LogP contribution in [0, 0.1) is 11.7 Å². The second-order valence-corrected chi connectivity index (χ2v) is 7.76. The summed E-state index contributed by atoms with van der Waals surface area (Å²) in [6.07, 6.45) is 0.222. The van der Waals surface area contributed by atoms with Crippen molar-refractivity contribution in [1.29, 1.82) is 0 Å². The van der Waals surface area contributed by atoms with E-state index >= 15 is 0 Å². The Kier molecular flexibility index (Phi) is 5.79. The van der Waals surface area contributed by atoms with Gasteiger partial charge in [0.15, 0.2) is 0 Å². The Labute approximate surface area is 174 Å². The standard InChI is InChI=1S/C23H24FN3O3/c24-20-9-5-4-8-19(20)23(30)26-12-10-25(11-13-26)22(29)18-14-21(28)27(16-18)15-17-6-2-1-3-7-17/h1-9,18H,10-16H2. The lowest BCUT2D eigenvalue weighted by molar-refractivity contribution is -0.137. The number of rotatable bonds is 4. The fourth-order valence-corrected chi connectivity index (χ4v) is 4.09. The highest BCUT2D eigenvalue weighted by Gasteiger charge is 2.37. The van der Waals surface area contributed by atoms with Crippen molar-refractivity contribution in [3.63, 3.8) is 0 Å². The number of carbonyl (C=O) groups excluding carboxylic acids is 3. The van der Waals surface area contributed by atoms with Crippen molar-refractivity contribution in [2.24, 2.45) is 5.92 Å². The van der Waals surface area contributed by atoms with E-state index in [-0.39, 0.29) is 35.6 Å². The molecule has 0 aromatic heterocycles. The van der Waals surface area contributed by atoms with Crippen LogP contribution < -0.4 is 0 Å². The molecule has 2 heterocycles. The minimum atomic E-state index is -0.538. The fourth-order valence-electron chi connectivity index (χ4n) is 4.09. The molecule has 1 unspecified atom stereocenters. The number of hydrogen-bond donors (Lipinski definition) is 0. The van der Waals surface area contributed by atoms with Crippen LogP contribution in [0.15, 0.2) is 54.6 Å². The summed E-state index contributed by atoms with van der Waals surface area (Å²) in [5.41, 5.74) is 1.09. The molecule has 1 atom stereocenters. The summed E-state index contributed by atoms with van der Waals surface area (Å²) in [6.45, 7) is 2.42. The summed E-state index contributed by atoms with van der Waals surface area (Å²) in [5, 5.41) is 0. The van der Waals surface area contributed by atoms with Crippen molar-refractivity contribution in [1.82, 2.24) is 14.7 Å². The first kappa shape index (κ1) is 20.1. The van der Waals surface area contributed by atoms with Crippen molar-refractivity contribution in [3.05, 3.63) is 71.5 Å². The van der Waals surface area contributed by atoms with E-state index in [2.05, 4.69) is 0 Å².